The van der Waals surface area contributed by atoms with Crippen molar-refractivity contribution in [3.8, 4) is 5.75 Å². The lowest BCUT2D eigenvalue weighted by molar-refractivity contribution is 0.0954. The van der Waals surface area contributed by atoms with Gasteiger partial charge in [0, 0.05) is 5.56 Å². The Labute approximate surface area is 130 Å². The quantitative estimate of drug-likeness (QED) is 0.654. The molecular weight excluding hydrogens is 276 g/mol. The van der Waals surface area contributed by atoms with Gasteiger partial charge in [-0.2, -0.15) is 5.10 Å². The van der Waals surface area contributed by atoms with Gasteiger partial charge in [0.1, 0.15) is 5.75 Å². The van der Waals surface area contributed by atoms with E-state index in [0.717, 1.165) is 17.7 Å². The highest BCUT2D eigenvalue weighted by Gasteiger charge is 2.09. The average molecular weight is 296 g/mol. The largest absolute Gasteiger partial charge is 0.508 e. The number of hydrogen-bond acceptors (Lipinski definition) is 3. The number of carbonyl (C=O) groups is 1. The number of nitrogens with zero attached hydrogens (tertiary/aromatic N) is 1. The van der Waals surface area contributed by atoms with Crippen LogP contribution in [0.3, 0.4) is 0 Å². The van der Waals surface area contributed by atoms with Gasteiger partial charge in [0.05, 0.1) is 5.71 Å². The number of rotatable bonds is 5. The van der Waals surface area contributed by atoms with Gasteiger partial charge in [0.15, 0.2) is 0 Å². The number of hydrazone groups is 1. The van der Waals surface area contributed by atoms with E-state index in [0.29, 0.717) is 11.5 Å². The first-order valence-corrected chi connectivity index (χ1v) is 7.27. The maximum Gasteiger partial charge on any atom is 0.271 e. The first kappa shape index (κ1) is 15.8. The summed E-state index contributed by atoms with van der Waals surface area (Å²) < 4.78 is 0. The van der Waals surface area contributed by atoms with Crippen molar-refractivity contribution in [1.82, 2.24) is 5.43 Å². The summed E-state index contributed by atoms with van der Waals surface area (Å²) in [5.41, 5.74) is 4.90. The fraction of sp³-hybridized carbons (Fsp3) is 0.222. The molecule has 0 unspecified atom stereocenters. The molecular formula is C18H20N2O2. The molecule has 0 heterocycles. The molecule has 2 rings (SSSR count). The van der Waals surface area contributed by atoms with Crippen LogP contribution in [0.4, 0.5) is 0 Å². The van der Waals surface area contributed by atoms with Gasteiger partial charge in [-0.25, -0.2) is 5.43 Å². The van der Waals surface area contributed by atoms with Crippen molar-refractivity contribution in [1.29, 1.82) is 0 Å². The Balaban J connectivity index is 2.15. The van der Waals surface area contributed by atoms with Crippen molar-refractivity contribution in [2.45, 2.75) is 20.3 Å². The molecule has 22 heavy (non-hydrogen) atoms. The summed E-state index contributed by atoms with van der Waals surface area (Å²) in [6.45, 7) is 4.22. The zero-order valence-electron chi connectivity index (χ0n) is 12.8. The minimum atomic E-state index is -0.294. The van der Waals surface area contributed by atoms with Gasteiger partial charge in [0.25, 0.3) is 5.91 Å². The molecule has 4 nitrogen and oxygen atoms in total. The molecule has 114 valence electrons. The van der Waals surface area contributed by atoms with Crippen LogP contribution in [-0.2, 0) is 0 Å². The zero-order chi connectivity index (χ0) is 15.9. The van der Waals surface area contributed by atoms with Gasteiger partial charge < -0.3 is 5.11 Å². The van der Waals surface area contributed by atoms with E-state index in [1.807, 2.05) is 30.3 Å². The SMILES string of the molecule is CC(C)C/C(=N/NC(=O)c1ccc(O)cc1)c1ccccc1. The second-order valence-corrected chi connectivity index (χ2v) is 5.51. The highest BCUT2D eigenvalue weighted by molar-refractivity contribution is 6.02. The molecule has 0 aliphatic heterocycles. The highest BCUT2D eigenvalue weighted by atomic mass is 16.3. The van der Waals surface area contributed by atoms with Gasteiger partial charge in [-0.15, -0.1) is 0 Å². The summed E-state index contributed by atoms with van der Waals surface area (Å²) >= 11 is 0. The molecule has 0 bridgehead atoms. The Bertz CT molecular complexity index is 647. The van der Waals surface area contributed by atoms with Crippen molar-refractivity contribution in [2.24, 2.45) is 11.0 Å². The maximum atomic E-state index is 12.1. The maximum absolute atomic E-state index is 12.1. The molecule has 0 saturated heterocycles. The molecule has 0 radical (unpaired) electrons. The molecule has 0 aromatic heterocycles. The lowest BCUT2D eigenvalue weighted by atomic mass is 10.0. The van der Waals surface area contributed by atoms with Crippen molar-refractivity contribution >= 4 is 11.6 Å². The van der Waals surface area contributed by atoms with Crippen LogP contribution in [0, 0.1) is 5.92 Å². The lowest BCUT2D eigenvalue weighted by Gasteiger charge is -2.10. The summed E-state index contributed by atoms with van der Waals surface area (Å²) in [7, 11) is 0. The predicted molar refractivity (Wildman–Crippen MR) is 88.0 cm³/mol. The molecule has 1 amide bonds. The van der Waals surface area contributed by atoms with Crippen LogP contribution < -0.4 is 5.43 Å². The van der Waals surface area contributed by atoms with Gasteiger partial charge in [0.2, 0.25) is 0 Å². The Morgan fingerprint density at radius 1 is 1.05 bits per heavy atom. The summed E-state index contributed by atoms with van der Waals surface area (Å²) in [6, 6.07) is 15.9. The normalized spacial score (nSPS) is 11.5. The number of aromatic hydroxyl groups is 1. The van der Waals surface area contributed by atoms with Gasteiger partial charge in [-0.1, -0.05) is 44.2 Å². The number of benzene rings is 2. The zero-order valence-corrected chi connectivity index (χ0v) is 12.8. The monoisotopic (exact) mass is 296 g/mol. The van der Waals surface area contributed by atoms with Gasteiger partial charge in [-0.05, 0) is 42.2 Å². The minimum absolute atomic E-state index is 0.129. The van der Waals surface area contributed by atoms with Gasteiger partial charge >= 0.3 is 0 Å². The third kappa shape index (κ3) is 4.45. The predicted octanol–water partition coefficient (Wildman–Crippen LogP) is 3.57. The Kier molecular flexibility index (Phi) is 5.31. The first-order valence-electron chi connectivity index (χ1n) is 7.27. The highest BCUT2D eigenvalue weighted by Crippen LogP contribution is 2.11. The number of nitrogens with one attached hydrogen (secondary N) is 1. The Morgan fingerprint density at radius 3 is 2.27 bits per heavy atom. The number of phenols is 1. The molecule has 0 atom stereocenters. The summed E-state index contributed by atoms with van der Waals surface area (Å²) in [4.78, 5) is 12.1. The van der Waals surface area contributed by atoms with Crippen molar-refractivity contribution in [3.63, 3.8) is 0 Å². The smallest absolute Gasteiger partial charge is 0.271 e. The molecule has 0 aliphatic rings. The minimum Gasteiger partial charge on any atom is -0.508 e. The topological polar surface area (TPSA) is 61.7 Å². The average Bonchev–Trinajstić information content (AvgIpc) is 2.52. The third-order valence-electron chi connectivity index (χ3n) is 3.13. The van der Waals surface area contributed by atoms with Crippen molar-refractivity contribution in [2.75, 3.05) is 0 Å². The third-order valence-corrected chi connectivity index (χ3v) is 3.13. The van der Waals surface area contributed by atoms with E-state index in [-0.39, 0.29) is 11.7 Å². The van der Waals surface area contributed by atoms with E-state index in [4.69, 9.17) is 0 Å². The second kappa shape index (κ2) is 7.41. The standard InChI is InChI=1S/C18H20N2O2/c1-13(2)12-17(14-6-4-3-5-7-14)19-20-18(22)15-8-10-16(21)11-9-15/h3-11,13,21H,12H2,1-2H3,(H,20,22)/b19-17-. The van der Waals surface area contributed by atoms with E-state index in [9.17, 15) is 9.90 Å². The van der Waals surface area contributed by atoms with Crippen molar-refractivity contribution < 1.29 is 9.90 Å². The Morgan fingerprint density at radius 2 is 1.68 bits per heavy atom. The van der Waals surface area contributed by atoms with Gasteiger partial charge in [-0.3, -0.25) is 4.79 Å². The molecule has 0 spiro atoms. The van der Waals surface area contributed by atoms with Crippen molar-refractivity contribution in [3.05, 3.63) is 65.7 Å². The second-order valence-electron chi connectivity index (χ2n) is 5.51. The van der Waals surface area contributed by atoms with Crippen LogP contribution in [0.5, 0.6) is 5.75 Å². The van der Waals surface area contributed by atoms with E-state index in [1.54, 1.807) is 12.1 Å². The van der Waals surface area contributed by atoms with E-state index in [2.05, 4.69) is 24.4 Å². The molecule has 2 aromatic carbocycles. The molecule has 2 N–H and O–H groups in total. The lowest BCUT2D eigenvalue weighted by Crippen LogP contribution is -2.20. The van der Waals surface area contributed by atoms with E-state index in [1.165, 1.54) is 12.1 Å². The number of hydrogen-bond donors (Lipinski definition) is 2. The fourth-order valence-electron chi connectivity index (χ4n) is 2.04. The number of phenolic OH excluding ortho intramolecular Hbond substituents is 1. The van der Waals surface area contributed by atoms with Crippen LogP contribution in [-0.4, -0.2) is 16.7 Å². The van der Waals surface area contributed by atoms with Crippen LogP contribution in [0.1, 0.15) is 36.2 Å². The molecule has 0 saturated carbocycles. The first-order chi connectivity index (χ1) is 10.6. The van der Waals surface area contributed by atoms with E-state index >= 15 is 0 Å². The fourth-order valence-corrected chi connectivity index (χ4v) is 2.04. The van der Waals surface area contributed by atoms with Crippen LogP contribution >= 0.6 is 0 Å². The summed E-state index contributed by atoms with van der Waals surface area (Å²) in [6.07, 6.45) is 0.778. The molecule has 4 heteroatoms. The summed E-state index contributed by atoms with van der Waals surface area (Å²) in [5.74, 6) is 0.270. The Hall–Kier alpha value is -2.62. The molecule has 0 fully saturated rings. The summed E-state index contributed by atoms with van der Waals surface area (Å²) in [5, 5.41) is 13.5. The number of amides is 1. The van der Waals surface area contributed by atoms with Crippen LogP contribution in [0.2, 0.25) is 0 Å². The molecule has 0 aliphatic carbocycles. The van der Waals surface area contributed by atoms with Crippen LogP contribution in [0.15, 0.2) is 59.7 Å². The molecule has 2 aromatic rings. The van der Waals surface area contributed by atoms with Crippen LogP contribution in [0.25, 0.3) is 0 Å². The number of carbonyl (C=O) groups excluding carboxylic acids is 1. The van der Waals surface area contributed by atoms with E-state index < -0.39 is 0 Å².